The average Bonchev–Trinajstić information content (AvgIpc) is 4.06. The molecule has 4 aliphatic rings. The van der Waals surface area contributed by atoms with Gasteiger partial charge in [-0.15, -0.1) is 0 Å². The number of alkyl carbamates (subject to hydrolysis) is 1. The molecule has 3 N–H and O–H groups in total. The third-order valence-corrected chi connectivity index (χ3v) is 13.9. The van der Waals surface area contributed by atoms with Crippen LogP contribution in [0.25, 0.3) is 10.8 Å². The molecule has 1 aromatic carbocycles. The van der Waals surface area contributed by atoms with Crippen molar-refractivity contribution in [2.24, 2.45) is 17.8 Å². The first-order valence-corrected chi connectivity index (χ1v) is 21.3. The fourth-order valence-electron chi connectivity index (χ4n) is 7.81. The minimum atomic E-state index is -4.93. The van der Waals surface area contributed by atoms with E-state index in [4.69, 9.17) is 14.2 Å². The fraction of sp³-hybridized carbons (Fsp3) is 0.625. The fourth-order valence-corrected chi connectivity index (χ4v) is 9.24. The van der Waals surface area contributed by atoms with Crippen molar-refractivity contribution in [3.05, 3.63) is 42.5 Å². The van der Waals surface area contributed by atoms with Crippen LogP contribution in [0.1, 0.15) is 79.6 Å². The van der Waals surface area contributed by atoms with E-state index in [-0.39, 0.29) is 49.9 Å². The van der Waals surface area contributed by atoms with E-state index in [0.29, 0.717) is 45.1 Å². The number of nitrogens with one attached hydrogen (secondary N) is 3. The smallest absolute Gasteiger partial charge is 0.427 e. The maximum atomic E-state index is 14.8. The van der Waals surface area contributed by atoms with E-state index in [1.54, 1.807) is 38.1 Å². The number of amides is 4. The molecule has 0 spiro atoms. The van der Waals surface area contributed by atoms with Crippen LogP contribution in [-0.2, 0) is 29.1 Å². The number of allylic oxidation sites excluding steroid dienone is 1. The monoisotopic (exact) mass is 853 g/mol. The van der Waals surface area contributed by atoms with Crippen LogP contribution in [0.4, 0.5) is 22.4 Å². The number of halogens is 4. The Bertz CT molecular complexity index is 2100. The van der Waals surface area contributed by atoms with Gasteiger partial charge in [-0.1, -0.05) is 44.2 Å². The molecule has 1 saturated heterocycles. The van der Waals surface area contributed by atoms with E-state index in [9.17, 15) is 45.2 Å². The molecule has 7 atom stereocenters. The third-order valence-electron chi connectivity index (χ3n) is 11.8. The van der Waals surface area contributed by atoms with Gasteiger partial charge in [0, 0.05) is 23.8 Å². The third kappa shape index (κ3) is 9.09. The lowest BCUT2D eigenvalue weighted by Crippen LogP contribution is -2.60. The topological polar surface area (TPSA) is 182 Å². The molecule has 3 fully saturated rings. The maximum absolute atomic E-state index is 14.8. The number of benzene rings is 1. The second-order valence-corrected chi connectivity index (χ2v) is 18.8. The minimum absolute atomic E-state index is 0.0115. The number of aromatic nitrogens is 1. The molecule has 4 amide bonds. The largest absolute Gasteiger partial charge is 0.478 e. The average molecular weight is 854 g/mol. The predicted molar refractivity (Wildman–Crippen MR) is 206 cm³/mol. The van der Waals surface area contributed by atoms with Crippen molar-refractivity contribution in [2.75, 3.05) is 19.8 Å². The first-order chi connectivity index (χ1) is 27.7. The van der Waals surface area contributed by atoms with Crippen LogP contribution in [0, 0.1) is 17.8 Å². The summed E-state index contributed by atoms with van der Waals surface area (Å²) in [7, 11) is -4.47. The summed E-state index contributed by atoms with van der Waals surface area (Å²) in [6, 6.07) is 6.04. The number of rotatable bonds is 10. The SMILES string of the molecule is CCOc1cc2ccccc2c(O[C@@H]2C[C@H]3C(=O)N[C@]4(C(=O)NS(=O)(=O)C5(CF)CC5)CC4/C=C\CC[C@@H](C)C[C@@H](C)[C@H](NC(=O)OC(C)(C)C(F)(F)F)C(=O)N3C2)n1. The molecule has 6 rings (SSSR count). The second-order valence-electron chi connectivity index (χ2n) is 16.8. The van der Waals surface area contributed by atoms with E-state index < -0.39 is 92.6 Å². The highest BCUT2D eigenvalue weighted by molar-refractivity contribution is 7.91. The highest BCUT2D eigenvalue weighted by atomic mass is 32.2. The number of alkyl halides is 4. The molecule has 324 valence electrons. The Morgan fingerprint density at radius 1 is 1.10 bits per heavy atom. The van der Waals surface area contributed by atoms with Gasteiger partial charge >= 0.3 is 12.3 Å². The van der Waals surface area contributed by atoms with Crippen LogP contribution >= 0.6 is 0 Å². The highest BCUT2D eigenvalue weighted by Gasteiger charge is 2.64. The first kappa shape index (κ1) is 43.9. The number of pyridine rings is 1. The van der Waals surface area contributed by atoms with Crippen LogP contribution < -0.4 is 24.8 Å². The summed E-state index contributed by atoms with van der Waals surface area (Å²) in [4.78, 5) is 62.0. The lowest BCUT2D eigenvalue weighted by molar-refractivity contribution is -0.244. The van der Waals surface area contributed by atoms with Gasteiger partial charge in [0.05, 0.1) is 13.2 Å². The van der Waals surface area contributed by atoms with E-state index >= 15 is 0 Å². The Labute approximate surface area is 340 Å². The summed E-state index contributed by atoms with van der Waals surface area (Å²) < 4.78 is 98.6. The summed E-state index contributed by atoms with van der Waals surface area (Å²) >= 11 is 0. The van der Waals surface area contributed by atoms with Crippen LogP contribution in [0.3, 0.4) is 0 Å². The van der Waals surface area contributed by atoms with Crippen molar-refractivity contribution in [3.63, 3.8) is 0 Å². The lowest BCUT2D eigenvalue weighted by Gasteiger charge is -2.34. The Balaban J connectivity index is 1.36. The van der Waals surface area contributed by atoms with Crippen molar-refractivity contribution < 1.29 is 59.4 Å². The molecule has 14 nitrogen and oxygen atoms in total. The molecule has 2 aliphatic carbocycles. The minimum Gasteiger partial charge on any atom is -0.478 e. The quantitative estimate of drug-likeness (QED) is 0.211. The number of carbonyl (C=O) groups is 4. The van der Waals surface area contributed by atoms with E-state index in [1.165, 1.54) is 0 Å². The van der Waals surface area contributed by atoms with Crippen molar-refractivity contribution >= 4 is 44.6 Å². The Kier molecular flexibility index (Phi) is 12.2. The molecule has 1 unspecified atom stereocenters. The molecule has 1 aromatic heterocycles. The highest BCUT2D eigenvalue weighted by Crippen LogP contribution is 2.48. The molecule has 3 heterocycles. The molecule has 2 aliphatic heterocycles. The number of fused-ring (bicyclic) bond motifs is 3. The molecule has 2 saturated carbocycles. The molecule has 0 bridgehead atoms. The van der Waals surface area contributed by atoms with Gasteiger partial charge < -0.3 is 29.7 Å². The van der Waals surface area contributed by atoms with Crippen molar-refractivity contribution in [1.82, 2.24) is 25.2 Å². The molecular formula is C40H51F4N5O9S. The van der Waals surface area contributed by atoms with E-state index in [1.807, 2.05) is 29.9 Å². The number of ether oxygens (including phenoxy) is 3. The van der Waals surface area contributed by atoms with Gasteiger partial charge in [-0.05, 0) is 82.6 Å². The van der Waals surface area contributed by atoms with Gasteiger partial charge in [-0.2, -0.15) is 18.2 Å². The van der Waals surface area contributed by atoms with Gasteiger partial charge in [0.25, 0.3) is 5.91 Å². The zero-order valence-corrected chi connectivity index (χ0v) is 34.4. The maximum Gasteiger partial charge on any atom is 0.427 e. The van der Waals surface area contributed by atoms with Gasteiger partial charge in [0.15, 0.2) is 0 Å². The molecule has 59 heavy (non-hydrogen) atoms. The number of sulfonamides is 1. The van der Waals surface area contributed by atoms with Crippen molar-refractivity contribution in [1.29, 1.82) is 0 Å². The molecule has 0 radical (unpaired) electrons. The standard InChI is InChI=1S/C40H51F4N5O9S/c1-6-56-30-18-25-12-8-10-14-28(25)33(45-30)57-27-19-29-32(50)47-39(35(52)48-59(54,55)38(22-41)15-16-38)20-26(39)13-9-7-11-23(2)17-24(3)31(34(51)49(29)21-27)46-36(53)58-37(4,5)40(42,43)44/h8-10,12-14,18,23-24,26-27,29,31H,6-7,11,15-17,19-22H2,1-5H3,(H,46,53)(H,47,50)(H,48,52)/b13-9-/t23-,24-,26?,27-,29+,31+,39-/m1/s1. The van der Waals surface area contributed by atoms with Gasteiger partial charge in [-0.3, -0.25) is 19.1 Å². The summed E-state index contributed by atoms with van der Waals surface area (Å²) in [6.07, 6.45) is -2.53. The van der Waals surface area contributed by atoms with Crippen LogP contribution in [0.5, 0.6) is 11.8 Å². The van der Waals surface area contributed by atoms with Gasteiger partial charge in [-0.25, -0.2) is 17.6 Å². The number of carbonyl (C=O) groups excluding carboxylic acids is 4. The Morgan fingerprint density at radius 2 is 1.81 bits per heavy atom. The summed E-state index contributed by atoms with van der Waals surface area (Å²) in [6.45, 7) is 5.56. The number of hydrogen-bond donors (Lipinski definition) is 3. The van der Waals surface area contributed by atoms with E-state index in [0.717, 1.165) is 10.3 Å². The second kappa shape index (κ2) is 16.4. The Hall–Kier alpha value is -4.68. The normalized spacial score (nSPS) is 29.1. The summed E-state index contributed by atoms with van der Waals surface area (Å²) in [5.41, 5.74) is -4.68. The predicted octanol–water partition coefficient (Wildman–Crippen LogP) is 5.25. The van der Waals surface area contributed by atoms with Crippen LogP contribution in [-0.4, -0.2) is 102 Å². The summed E-state index contributed by atoms with van der Waals surface area (Å²) in [5.74, 6) is -3.72. The first-order valence-electron chi connectivity index (χ1n) is 19.8. The molecule has 19 heteroatoms. The zero-order chi connectivity index (χ0) is 43.1. The van der Waals surface area contributed by atoms with Gasteiger partial charge in [0.2, 0.25) is 39.2 Å². The van der Waals surface area contributed by atoms with Gasteiger partial charge in [0.1, 0.15) is 35.1 Å². The lowest BCUT2D eigenvalue weighted by atomic mass is 9.88. The number of nitrogens with zero attached hydrogens (tertiary/aromatic N) is 2. The zero-order valence-electron chi connectivity index (χ0n) is 33.6. The molecular weight excluding hydrogens is 803 g/mol. The van der Waals surface area contributed by atoms with E-state index in [2.05, 4.69) is 15.6 Å². The van der Waals surface area contributed by atoms with Crippen molar-refractivity contribution in [3.8, 4) is 11.8 Å². The summed E-state index contributed by atoms with van der Waals surface area (Å²) in [5, 5.41) is 6.41. The van der Waals surface area contributed by atoms with Crippen LogP contribution in [0.15, 0.2) is 42.5 Å². The van der Waals surface area contributed by atoms with Crippen LogP contribution in [0.2, 0.25) is 0 Å². The molecule has 2 aromatic rings. The number of hydrogen-bond acceptors (Lipinski definition) is 10. The Morgan fingerprint density at radius 3 is 2.47 bits per heavy atom. The van der Waals surface area contributed by atoms with Crippen molar-refractivity contribution in [2.45, 2.75) is 120 Å².